The van der Waals surface area contributed by atoms with Gasteiger partial charge in [-0.25, -0.2) is 0 Å². The van der Waals surface area contributed by atoms with Gasteiger partial charge in [0, 0.05) is 24.0 Å². The molecule has 0 saturated carbocycles. The van der Waals surface area contributed by atoms with Crippen LogP contribution in [0, 0.1) is 0 Å². The SMILES string of the molecule is Cl.Cl.O=C(NCc1nccc2ccccc12)C1(n2cccn2)CCNCC1. The Labute approximate surface area is 170 Å². The van der Waals surface area contributed by atoms with E-state index >= 15 is 0 Å². The maximum Gasteiger partial charge on any atom is 0.248 e. The standard InChI is InChI=1S/C19H21N5O.2ClH/c25-18(19(7-11-20-12-8-19)24-13-3-9-23-24)22-14-17-16-5-2-1-4-15(16)6-10-21-17;;/h1-6,9-10,13,20H,7-8,11-12,14H2,(H,22,25);2*1H. The van der Waals surface area contributed by atoms with Crippen LogP contribution in [0.2, 0.25) is 0 Å². The number of rotatable bonds is 4. The molecule has 1 saturated heterocycles. The summed E-state index contributed by atoms with van der Waals surface area (Å²) in [6, 6.07) is 11.9. The predicted molar refractivity (Wildman–Crippen MR) is 110 cm³/mol. The molecule has 144 valence electrons. The van der Waals surface area contributed by atoms with Gasteiger partial charge in [-0.2, -0.15) is 5.10 Å². The molecular formula is C19H23Cl2N5O. The van der Waals surface area contributed by atoms with Crippen LogP contribution >= 0.6 is 24.8 Å². The zero-order chi connectivity index (χ0) is 17.1. The Morgan fingerprint density at radius 1 is 1.11 bits per heavy atom. The van der Waals surface area contributed by atoms with E-state index in [1.807, 2.05) is 36.5 Å². The predicted octanol–water partition coefficient (Wildman–Crippen LogP) is 2.67. The van der Waals surface area contributed by atoms with E-state index in [-0.39, 0.29) is 30.7 Å². The number of carbonyl (C=O) groups is 1. The Balaban J connectivity index is 0.00000131. The Bertz CT molecular complexity index is 873. The molecule has 8 heteroatoms. The summed E-state index contributed by atoms with van der Waals surface area (Å²) < 4.78 is 1.81. The van der Waals surface area contributed by atoms with Crippen molar-refractivity contribution in [2.24, 2.45) is 0 Å². The Hall–Kier alpha value is -2.15. The van der Waals surface area contributed by atoms with Crippen LogP contribution in [0.5, 0.6) is 0 Å². The quantitative estimate of drug-likeness (QED) is 0.697. The Kier molecular flexibility index (Phi) is 7.18. The zero-order valence-corrected chi connectivity index (χ0v) is 16.4. The molecule has 1 aliphatic heterocycles. The van der Waals surface area contributed by atoms with E-state index in [0.29, 0.717) is 6.54 Å². The molecule has 0 unspecified atom stereocenters. The highest BCUT2D eigenvalue weighted by molar-refractivity contribution is 5.87. The van der Waals surface area contributed by atoms with Gasteiger partial charge in [0.1, 0.15) is 5.54 Å². The van der Waals surface area contributed by atoms with Gasteiger partial charge in [0.05, 0.1) is 12.2 Å². The first-order chi connectivity index (χ1) is 12.3. The molecular weight excluding hydrogens is 385 g/mol. The number of nitrogens with one attached hydrogen (secondary N) is 2. The van der Waals surface area contributed by atoms with Crippen LogP contribution in [0.3, 0.4) is 0 Å². The Morgan fingerprint density at radius 3 is 2.63 bits per heavy atom. The van der Waals surface area contributed by atoms with Crippen LogP contribution < -0.4 is 10.6 Å². The summed E-state index contributed by atoms with van der Waals surface area (Å²) in [4.78, 5) is 17.6. The van der Waals surface area contributed by atoms with Crippen LogP contribution in [0.4, 0.5) is 0 Å². The molecule has 0 atom stereocenters. The summed E-state index contributed by atoms with van der Waals surface area (Å²) in [5.41, 5.74) is 0.260. The minimum atomic E-state index is -0.626. The monoisotopic (exact) mass is 407 g/mol. The molecule has 3 heterocycles. The van der Waals surface area contributed by atoms with Crippen molar-refractivity contribution in [3.05, 3.63) is 60.7 Å². The molecule has 0 radical (unpaired) electrons. The van der Waals surface area contributed by atoms with Crippen molar-refractivity contribution in [2.45, 2.75) is 24.9 Å². The molecule has 2 N–H and O–H groups in total. The number of halogens is 2. The maximum absolute atomic E-state index is 13.1. The van der Waals surface area contributed by atoms with Gasteiger partial charge in [0.15, 0.2) is 0 Å². The van der Waals surface area contributed by atoms with E-state index in [9.17, 15) is 4.79 Å². The highest BCUT2D eigenvalue weighted by atomic mass is 35.5. The fourth-order valence-electron chi connectivity index (χ4n) is 3.57. The van der Waals surface area contributed by atoms with Crippen molar-refractivity contribution in [3.63, 3.8) is 0 Å². The van der Waals surface area contributed by atoms with Crippen LogP contribution in [0.25, 0.3) is 10.8 Å². The smallest absolute Gasteiger partial charge is 0.248 e. The lowest BCUT2D eigenvalue weighted by Gasteiger charge is -2.36. The van der Waals surface area contributed by atoms with E-state index in [1.54, 1.807) is 17.1 Å². The number of amides is 1. The van der Waals surface area contributed by atoms with Gasteiger partial charge in [0.2, 0.25) is 5.91 Å². The number of nitrogens with zero attached hydrogens (tertiary/aromatic N) is 3. The van der Waals surface area contributed by atoms with Crippen molar-refractivity contribution in [2.75, 3.05) is 13.1 Å². The minimum Gasteiger partial charge on any atom is -0.348 e. The largest absolute Gasteiger partial charge is 0.348 e. The van der Waals surface area contributed by atoms with Gasteiger partial charge in [-0.3, -0.25) is 14.5 Å². The van der Waals surface area contributed by atoms with Crippen molar-refractivity contribution in [3.8, 4) is 0 Å². The summed E-state index contributed by atoms with van der Waals surface area (Å²) in [5, 5.41) is 13.0. The number of pyridine rings is 1. The van der Waals surface area contributed by atoms with Crippen LogP contribution in [0.1, 0.15) is 18.5 Å². The molecule has 0 aliphatic carbocycles. The van der Waals surface area contributed by atoms with Gasteiger partial charge < -0.3 is 10.6 Å². The lowest BCUT2D eigenvalue weighted by molar-refractivity contribution is -0.132. The maximum atomic E-state index is 13.1. The van der Waals surface area contributed by atoms with Gasteiger partial charge in [-0.05, 0) is 43.5 Å². The number of hydrogen-bond donors (Lipinski definition) is 2. The normalized spacial score (nSPS) is 15.4. The summed E-state index contributed by atoms with van der Waals surface area (Å²) in [6.07, 6.45) is 6.84. The second-order valence-corrected chi connectivity index (χ2v) is 6.39. The average Bonchev–Trinajstić information content (AvgIpc) is 3.22. The molecule has 6 nitrogen and oxygen atoms in total. The summed E-state index contributed by atoms with van der Waals surface area (Å²) in [6.45, 7) is 2.02. The molecule has 1 amide bonds. The first-order valence-corrected chi connectivity index (χ1v) is 8.61. The van der Waals surface area contributed by atoms with Crippen LogP contribution in [0.15, 0.2) is 55.0 Å². The van der Waals surface area contributed by atoms with E-state index in [1.165, 1.54) is 0 Å². The Morgan fingerprint density at radius 2 is 1.89 bits per heavy atom. The third-order valence-corrected chi connectivity index (χ3v) is 4.97. The number of benzene rings is 1. The molecule has 1 fully saturated rings. The van der Waals surface area contributed by atoms with Crippen LogP contribution in [-0.4, -0.2) is 33.8 Å². The van der Waals surface area contributed by atoms with E-state index in [2.05, 4.69) is 26.8 Å². The van der Waals surface area contributed by atoms with Gasteiger partial charge in [-0.15, -0.1) is 24.8 Å². The molecule has 3 aromatic rings. The molecule has 1 aromatic carbocycles. The summed E-state index contributed by atoms with van der Waals surface area (Å²) in [7, 11) is 0. The summed E-state index contributed by atoms with van der Waals surface area (Å²) >= 11 is 0. The van der Waals surface area contributed by atoms with Gasteiger partial charge in [-0.1, -0.05) is 24.3 Å². The number of hydrogen-bond acceptors (Lipinski definition) is 4. The first kappa shape index (κ1) is 21.2. The molecule has 0 bridgehead atoms. The number of fused-ring (bicyclic) bond motifs is 1. The number of piperidine rings is 1. The van der Waals surface area contributed by atoms with E-state index in [4.69, 9.17) is 0 Å². The van der Waals surface area contributed by atoms with Crippen LogP contribution in [-0.2, 0) is 16.9 Å². The molecule has 0 spiro atoms. The summed E-state index contributed by atoms with van der Waals surface area (Å²) in [5.74, 6) is 0.00688. The molecule has 1 aliphatic rings. The average molecular weight is 408 g/mol. The fourth-order valence-corrected chi connectivity index (χ4v) is 3.57. The highest BCUT2D eigenvalue weighted by Crippen LogP contribution is 2.27. The number of carbonyl (C=O) groups excluding carboxylic acids is 1. The second-order valence-electron chi connectivity index (χ2n) is 6.39. The fraction of sp³-hybridized carbons (Fsp3) is 0.316. The zero-order valence-electron chi connectivity index (χ0n) is 14.8. The van der Waals surface area contributed by atoms with Crippen molar-refractivity contribution in [1.29, 1.82) is 0 Å². The van der Waals surface area contributed by atoms with Crippen molar-refractivity contribution in [1.82, 2.24) is 25.4 Å². The first-order valence-electron chi connectivity index (χ1n) is 8.61. The topological polar surface area (TPSA) is 71.8 Å². The van der Waals surface area contributed by atoms with E-state index < -0.39 is 5.54 Å². The third-order valence-electron chi connectivity index (χ3n) is 4.97. The highest BCUT2D eigenvalue weighted by Gasteiger charge is 2.41. The van der Waals surface area contributed by atoms with Crippen molar-refractivity contribution < 1.29 is 4.79 Å². The molecule has 2 aromatic heterocycles. The lowest BCUT2D eigenvalue weighted by atomic mass is 9.87. The minimum absolute atomic E-state index is 0. The lowest BCUT2D eigenvalue weighted by Crippen LogP contribution is -2.54. The molecule has 4 rings (SSSR count). The van der Waals surface area contributed by atoms with Gasteiger partial charge in [0.25, 0.3) is 0 Å². The second kappa shape index (κ2) is 9.17. The van der Waals surface area contributed by atoms with E-state index in [0.717, 1.165) is 42.4 Å². The number of aromatic nitrogens is 3. The van der Waals surface area contributed by atoms with Gasteiger partial charge >= 0.3 is 0 Å². The van der Waals surface area contributed by atoms with Crippen molar-refractivity contribution >= 4 is 41.5 Å². The molecule has 27 heavy (non-hydrogen) atoms. The third kappa shape index (κ3) is 4.08.